The zero-order chi connectivity index (χ0) is 18.5. The summed E-state index contributed by atoms with van der Waals surface area (Å²) in [5, 5.41) is 0. The smallest absolute Gasteiger partial charge is 0.254 e. The lowest BCUT2D eigenvalue weighted by atomic mass is 9.96. The largest absolute Gasteiger partial charge is 0.496 e. The molecular weight excluding hydrogens is 330 g/mol. The van der Waals surface area contributed by atoms with Crippen molar-refractivity contribution in [1.82, 2.24) is 4.90 Å². The van der Waals surface area contributed by atoms with Crippen LogP contribution in [0.5, 0.6) is 17.2 Å². The summed E-state index contributed by atoms with van der Waals surface area (Å²) >= 11 is 0. The van der Waals surface area contributed by atoms with Gasteiger partial charge in [0.15, 0.2) is 0 Å². The van der Waals surface area contributed by atoms with Gasteiger partial charge in [-0.2, -0.15) is 0 Å². The number of carbonyl (C=O) groups is 1. The summed E-state index contributed by atoms with van der Waals surface area (Å²) in [6, 6.07) is 13.1. The number of hydrogen-bond acceptors (Lipinski definition) is 4. The minimum absolute atomic E-state index is 0.0505. The van der Waals surface area contributed by atoms with Crippen LogP contribution >= 0.6 is 0 Å². The molecule has 0 radical (unpaired) electrons. The average Bonchev–Trinajstić information content (AvgIpc) is 2.72. The molecule has 26 heavy (non-hydrogen) atoms. The Hall–Kier alpha value is -2.95. The molecule has 1 heterocycles. The molecule has 0 aromatic heterocycles. The summed E-state index contributed by atoms with van der Waals surface area (Å²) in [5.41, 5.74) is 2.74. The molecule has 1 aliphatic rings. The van der Waals surface area contributed by atoms with Gasteiger partial charge in [0.05, 0.1) is 26.9 Å². The van der Waals surface area contributed by atoms with Crippen molar-refractivity contribution < 1.29 is 19.0 Å². The van der Waals surface area contributed by atoms with Crippen molar-refractivity contribution in [2.75, 3.05) is 34.4 Å². The highest BCUT2D eigenvalue weighted by Gasteiger charge is 2.23. The fourth-order valence-corrected chi connectivity index (χ4v) is 3.17. The normalized spacial score (nSPS) is 13.8. The average molecular weight is 353 g/mol. The van der Waals surface area contributed by atoms with Gasteiger partial charge in [0.2, 0.25) is 0 Å². The minimum atomic E-state index is 0.0505. The molecule has 1 aliphatic heterocycles. The van der Waals surface area contributed by atoms with Gasteiger partial charge in [-0.25, -0.2) is 0 Å². The highest BCUT2D eigenvalue weighted by Crippen LogP contribution is 2.40. The number of rotatable bonds is 5. The van der Waals surface area contributed by atoms with Gasteiger partial charge in [-0.15, -0.1) is 0 Å². The molecule has 0 saturated carbocycles. The van der Waals surface area contributed by atoms with Gasteiger partial charge in [-0.05, 0) is 24.1 Å². The van der Waals surface area contributed by atoms with Crippen molar-refractivity contribution in [1.29, 1.82) is 0 Å². The van der Waals surface area contributed by atoms with E-state index in [1.54, 1.807) is 21.3 Å². The zero-order valence-electron chi connectivity index (χ0n) is 15.3. The topological polar surface area (TPSA) is 48.0 Å². The van der Waals surface area contributed by atoms with E-state index in [-0.39, 0.29) is 5.91 Å². The Morgan fingerprint density at radius 2 is 1.62 bits per heavy atom. The molecule has 0 fully saturated rings. The van der Waals surface area contributed by atoms with E-state index in [1.807, 2.05) is 47.4 Å². The molecule has 2 aromatic carbocycles. The Morgan fingerprint density at radius 1 is 0.962 bits per heavy atom. The van der Waals surface area contributed by atoms with Crippen molar-refractivity contribution in [3.8, 4) is 17.2 Å². The summed E-state index contributed by atoms with van der Waals surface area (Å²) < 4.78 is 16.4. The second-order valence-corrected chi connectivity index (χ2v) is 6.00. The first-order valence-electron chi connectivity index (χ1n) is 8.51. The molecule has 136 valence electrons. The van der Waals surface area contributed by atoms with Crippen LogP contribution in [0.2, 0.25) is 0 Å². The lowest BCUT2D eigenvalue weighted by Gasteiger charge is -2.28. The van der Waals surface area contributed by atoms with Gasteiger partial charge in [-0.3, -0.25) is 4.79 Å². The fourth-order valence-electron chi connectivity index (χ4n) is 3.17. The van der Waals surface area contributed by atoms with Crippen molar-refractivity contribution in [2.24, 2.45) is 0 Å². The van der Waals surface area contributed by atoms with Crippen LogP contribution in [0.3, 0.4) is 0 Å². The lowest BCUT2D eigenvalue weighted by molar-refractivity contribution is 0.0773. The molecule has 1 amide bonds. The maximum absolute atomic E-state index is 12.6. The Morgan fingerprint density at radius 3 is 2.12 bits per heavy atom. The van der Waals surface area contributed by atoms with Crippen LogP contribution < -0.4 is 14.2 Å². The van der Waals surface area contributed by atoms with Crippen LogP contribution in [0.1, 0.15) is 22.3 Å². The number of carbonyl (C=O) groups excluding carboxylic acids is 1. The van der Waals surface area contributed by atoms with Gasteiger partial charge >= 0.3 is 0 Å². The van der Waals surface area contributed by atoms with Gasteiger partial charge in [0.1, 0.15) is 17.2 Å². The van der Waals surface area contributed by atoms with E-state index in [4.69, 9.17) is 14.2 Å². The molecule has 0 saturated heterocycles. The van der Waals surface area contributed by atoms with Gasteiger partial charge in [0.25, 0.3) is 5.91 Å². The van der Waals surface area contributed by atoms with Crippen LogP contribution in [-0.2, 0) is 0 Å². The summed E-state index contributed by atoms with van der Waals surface area (Å²) in [6.07, 6.45) is 2.80. The molecule has 0 spiro atoms. The van der Waals surface area contributed by atoms with E-state index in [0.717, 1.165) is 17.6 Å². The van der Waals surface area contributed by atoms with E-state index in [9.17, 15) is 4.79 Å². The van der Waals surface area contributed by atoms with E-state index < -0.39 is 0 Å². The second kappa shape index (κ2) is 7.95. The van der Waals surface area contributed by atoms with Crippen molar-refractivity contribution in [3.05, 3.63) is 59.7 Å². The standard InChI is InChI=1S/C21H23NO4/c1-24-17-13-18(25-2)20(19(14-17)26-3)15-9-11-22(12-10-15)21(23)16-7-5-4-6-8-16/h4-9,13-14H,10-12H2,1-3H3. The Kier molecular flexibility index (Phi) is 5.46. The summed E-state index contributed by atoms with van der Waals surface area (Å²) in [7, 11) is 4.87. The maximum Gasteiger partial charge on any atom is 0.254 e. The predicted octanol–water partition coefficient (Wildman–Crippen LogP) is 3.64. The molecule has 5 nitrogen and oxygen atoms in total. The first-order valence-corrected chi connectivity index (χ1v) is 8.51. The van der Waals surface area contributed by atoms with Crippen LogP contribution in [0.4, 0.5) is 0 Å². The van der Waals surface area contributed by atoms with Crippen LogP contribution in [0.15, 0.2) is 48.5 Å². The molecule has 2 aromatic rings. The number of hydrogen-bond donors (Lipinski definition) is 0. The van der Waals surface area contributed by atoms with Crippen LogP contribution in [-0.4, -0.2) is 45.2 Å². The van der Waals surface area contributed by atoms with Gasteiger partial charge < -0.3 is 19.1 Å². The molecule has 0 bridgehead atoms. The highest BCUT2D eigenvalue weighted by atomic mass is 16.5. The Balaban J connectivity index is 1.86. The van der Waals surface area contributed by atoms with E-state index in [2.05, 4.69) is 6.08 Å². The first kappa shape index (κ1) is 17.9. The minimum Gasteiger partial charge on any atom is -0.496 e. The first-order chi connectivity index (χ1) is 12.7. The van der Waals surface area contributed by atoms with Gasteiger partial charge in [0, 0.05) is 30.8 Å². The Labute approximate surface area is 153 Å². The molecular formula is C21H23NO4. The zero-order valence-corrected chi connectivity index (χ0v) is 15.3. The third kappa shape index (κ3) is 3.52. The lowest BCUT2D eigenvalue weighted by Crippen LogP contribution is -2.34. The SMILES string of the molecule is COc1cc(OC)c(C2=CCN(C(=O)c3ccccc3)CC2)c(OC)c1. The van der Waals surface area contributed by atoms with Gasteiger partial charge in [-0.1, -0.05) is 24.3 Å². The third-order valence-electron chi connectivity index (χ3n) is 4.55. The van der Waals surface area contributed by atoms with E-state index in [1.165, 1.54) is 0 Å². The summed E-state index contributed by atoms with van der Waals surface area (Å²) in [6.45, 7) is 1.21. The summed E-state index contributed by atoms with van der Waals surface area (Å²) in [4.78, 5) is 14.5. The molecule has 0 unspecified atom stereocenters. The van der Waals surface area contributed by atoms with Crippen LogP contribution in [0.25, 0.3) is 5.57 Å². The number of benzene rings is 2. The van der Waals surface area contributed by atoms with Crippen LogP contribution in [0, 0.1) is 0 Å². The van der Waals surface area contributed by atoms with E-state index in [0.29, 0.717) is 35.9 Å². The summed E-state index contributed by atoms with van der Waals surface area (Å²) in [5.74, 6) is 2.14. The van der Waals surface area contributed by atoms with Crippen molar-refractivity contribution >= 4 is 11.5 Å². The number of methoxy groups -OCH3 is 3. The van der Waals surface area contributed by atoms with Crippen molar-refractivity contribution in [2.45, 2.75) is 6.42 Å². The maximum atomic E-state index is 12.6. The molecule has 3 rings (SSSR count). The van der Waals surface area contributed by atoms with Crippen molar-refractivity contribution in [3.63, 3.8) is 0 Å². The predicted molar refractivity (Wildman–Crippen MR) is 101 cm³/mol. The molecule has 5 heteroatoms. The fraction of sp³-hybridized carbons (Fsp3) is 0.286. The molecule has 0 atom stereocenters. The Bertz CT molecular complexity index is 789. The highest BCUT2D eigenvalue weighted by molar-refractivity contribution is 5.95. The second-order valence-electron chi connectivity index (χ2n) is 6.00. The number of ether oxygens (including phenoxy) is 3. The molecule has 0 N–H and O–H groups in total. The monoisotopic (exact) mass is 353 g/mol. The number of nitrogens with zero attached hydrogens (tertiary/aromatic N) is 1. The molecule has 0 aliphatic carbocycles. The number of amides is 1. The third-order valence-corrected chi connectivity index (χ3v) is 4.55. The van der Waals surface area contributed by atoms with E-state index >= 15 is 0 Å². The quantitative estimate of drug-likeness (QED) is 0.823.